The summed E-state index contributed by atoms with van der Waals surface area (Å²) in [5.41, 5.74) is 6.48. The standard InChI is InChI=1S/C6H9ClN2/c1-5-3-2-4-9-6(5,7)8/h2-4,9H,8H2,1H3. The van der Waals surface area contributed by atoms with Crippen molar-refractivity contribution in [2.45, 2.75) is 12.0 Å². The SMILES string of the molecule is CC1=CC=CNC1(N)Cl. The van der Waals surface area contributed by atoms with Gasteiger partial charge in [0.2, 0.25) is 0 Å². The molecule has 0 amide bonds. The van der Waals surface area contributed by atoms with Crippen LogP contribution in [0.1, 0.15) is 6.92 Å². The summed E-state index contributed by atoms with van der Waals surface area (Å²) in [6, 6.07) is 0. The van der Waals surface area contributed by atoms with Crippen molar-refractivity contribution in [3.05, 3.63) is 23.9 Å². The predicted molar refractivity (Wildman–Crippen MR) is 38.8 cm³/mol. The highest BCUT2D eigenvalue weighted by atomic mass is 35.5. The van der Waals surface area contributed by atoms with Crippen molar-refractivity contribution in [2.24, 2.45) is 5.73 Å². The quantitative estimate of drug-likeness (QED) is 0.392. The van der Waals surface area contributed by atoms with Crippen LogP contribution in [-0.2, 0) is 0 Å². The Morgan fingerprint density at radius 1 is 1.78 bits per heavy atom. The number of hydrogen-bond donors (Lipinski definition) is 2. The Balaban J connectivity index is 2.83. The predicted octanol–water partition coefficient (Wildman–Crippen LogP) is 0.901. The van der Waals surface area contributed by atoms with Crippen LogP contribution >= 0.6 is 11.6 Å². The number of dihydropyridines is 1. The fourth-order valence-corrected chi connectivity index (χ4v) is 0.723. The average Bonchev–Trinajstić information content (AvgIpc) is 1.77. The zero-order valence-corrected chi connectivity index (χ0v) is 5.94. The second-order valence-electron chi connectivity index (χ2n) is 2.06. The Morgan fingerprint density at radius 2 is 2.44 bits per heavy atom. The zero-order chi connectivity index (χ0) is 6.91. The van der Waals surface area contributed by atoms with Crippen molar-refractivity contribution in [1.82, 2.24) is 5.32 Å². The van der Waals surface area contributed by atoms with Crippen LogP contribution < -0.4 is 11.1 Å². The molecule has 0 aromatic carbocycles. The van der Waals surface area contributed by atoms with Gasteiger partial charge in [0.15, 0.2) is 5.12 Å². The van der Waals surface area contributed by atoms with Gasteiger partial charge in [-0.05, 0) is 24.8 Å². The van der Waals surface area contributed by atoms with Crippen molar-refractivity contribution in [3.8, 4) is 0 Å². The van der Waals surface area contributed by atoms with E-state index in [2.05, 4.69) is 5.32 Å². The number of rotatable bonds is 0. The lowest BCUT2D eigenvalue weighted by Crippen LogP contribution is -2.47. The van der Waals surface area contributed by atoms with Crippen LogP contribution in [0, 0.1) is 0 Å². The molecule has 1 rings (SSSR count). The Labute approximate surface area is 59.4 Å². The second-order valence-corrected chi connectivity index (χ2v) is 2.66. The van der Waals surface area contributed by atoms with Crippen LogP contribution in [0.2, 0.25) is 0 Å². The fourth-order valence-electron chi connectivity index (χ4n) is 0.597. The lowest BCUT2D eigenvalue weighted by atomic mass is 10.2. The summed E-state index contributed by atoms with van der Waals surface area (Å²) in [4.78, 5) is 0. The third-order valence-electron chi connectivity index (χ3n) is 1.31. The minimum Gasteiger partial charge on any atom is -0.358 e. The average molecular weight is 145 g/mol. The normalized spacial score (nSPS) is 33.4. The third kappa shape index (κ3) is 1.26. The van der Waals surface area contributed by atoms with E-state index in [-0.39, 0.29) is 0 Å². The number of nitrogens with one attached hydrogen (secondary N) is 1. The van der Waals surface area contributed by atoms with Crippen LogP contribution in [0.3, 0.4) is 0 Å². The monoisotopic (exact) mass is 144 g/mol. The molecular weight excluding hydrogens is 136 g/mol. The molecule has 1 atom stereocenters. The van der Waals surface area contributed by atoms with Crippen molar-refractivity contribution in [2.75, 3.05) is 0 Å². The zero-order valence-electron chi connectivity index (χ0n) is 5.19. The molecule has 0 fully saturated rings. The van der Waals surface area contributed by atoms with Gasteiger partial charge in [0, 0.05) is 0 Å². The Bertz CT molecular complexity index is 170. The first kappa shape index (κ1) is 6.65. The van der Waals surface area contributed by atoms with Gasteiger partial charge in [-0.1, -0.05) is 17.7 Å². The van der Waals surface area contributed by atoms with Crippen LogP contribution in [0.25, 0.3) is 0 Å². The van der Waals surface area contributed by atoms with Crippen molar-refractivity contribution < 1.29 is 0 Å². The van der Waals surface area contributed by atoms with Gasteiger partial charge < -0.3 is 5.32 Å². The number of alkyl halides is 1. The van der Waals surface area contributed by atoms with Crippen molar-refractivity contribution in [1.29, 1.82) is 0 Å². The Hall–Kier alpha value is -0.470. The molecule has 50 valence electrons. The van der Waals surface area contributed by atoms with E-state index in [1.807, 2.05) is 19.1 Å². The summed E-state index contributed by atoms with van der Waals surface area (Å²) in [6.45, 7) is 1.88. The molecular formula is C6H9ClN2. The number of hydrogen-bond acceptors (Lipinski definition) is 2. The van der Waals surface area contributed by atoms with Crippen LogP contribution in [0.5, 0.6) is 0 Å². The van der Waals surface area contributed by atoms with Gasteiger partial charge in [-0.3, -0.25) is 5.73 Å². The molecule has 0 aliphatic carbocycles. The first-order valence-electron chi connectivity index (χ1n) is 2.72. The number of halogens is 1. The van der Waals surface area contributed by atoms with E-state index in [0.29, 0.717) is 0 Å². The number of allylic oxidation sites excluding steroid dienone is 2. The Kier molecular flexibility index (Phi) is 1.51. The van der Waals surface area contributed by atoms with Crippen molar-refractivity contribution in [3.63, 3.8) is 0 Å². The summed E-state index contributed by atoms with van der Waals surface area (Å²) < 4.78 is 0. The van der Waals surface area contributed by atoms with Crippen LogP contribution in [0.15, 0.2) is 23.9 Å². The molecule has 1 aliphatic rings. The van der Waals surface area contributed by atoms with Gasteiger partial charge in [0.25, 0.3) is 0 Å². The molecule has 1 heterocycles. The molecule has 0 saturated carbocycles. The molecule has 0 bridgehead atoms. The van der Waals surface area contributed by atoms with Gasteiger partial charge in [-0.2, -0.15) is 0 Å². The van der Waals surface area contributed by atoms with E-state index in [0.717, 1.165) is 5.57 Å². The number of nitrogens with two attached hydrogens (primary N) is 1. The molecule has 9 heavy (non-hydrogen) atoms. The van der Waals surface area contributed by atoms with Crippen molar-refractivity contribution >= 4 is 11.6 Å². The van der Waals surface area contributed by atoms with E-state index in [9.17, 15) is 0 Å². The topological polar surface area (TPSA) is 38.0 Å². The maximum absolute atomic E-state index is 5.77. The fraction of sp³-hybridized carbons (Fsp3) is 0.333. The van der Waals surface area contributed by atoms with Gasteiger partial charge >= 0.3 is 0 Å². The second kappa shape index (κ2) is 2.05. The highest BCUT2D eigenvalue weighted by Gasteiger charge is 2.22. The third-order valence-corrected chi connectivity index (χ3v) is 1.72. The summed E-state index contributed by atoms with van der Waals surface area (Å²) in [5.74, 6) is 0. The lowest BCUT2D eigenvalue weighted by molar-refractivity contribution is 0.615. The molecule has 0 aromatic rings. The van der Waals surface area contributed by atoms with Crippen LogP contribution in [-0.4, -0.2) is 5.12 Å². The van der Waals surface area contributed by atoms with Gasteiger partial charge in [-0.15, -0.1) is 0 Å². The summed E-state index contributed by atoms with van der Waals surface area (Å²) >= 11 is 5.77. The molecule has 3 N–H and O–H groups in total. The molecule has 0 aromatic heterocycles. The molecule has 3 heteroatoms. The maximum atomic E-state index is 5.77. The molecule has 1 aliphatic heterocycles. The Morgan fingerprint density at radius 3 is 2.78 bits per heavy atom. The van der Waals surface area contributed by atoms with E-state index < -0.39 is 5.12 Å². The molecule has 0 radical (unpaired) electrons. The molecule has 1 unspecified atom stereocenters. The van der Waals surface area contributed by atoms with E-state index >= 15 is 0 Å². The maximum Gasteiger partial charge on any atom is 0.186 e. The minimum absolute atomic E-state index is 0.866. The first-order valence-corrected chi connectivity index (χ1v) is 3.10. The summed E-state index contributed by atoms with van der Waals surface area (Å²) in [7, 11) is 0. The first-order chi connectivity index (χ1) is 4.13. The lowest BCUT2D eigenvalue weighted by Gasteiger charge is -2.25. The smallest absolute Gasteiger partial charge is 0.186 e. The summed E-state index contributed by atoms with van der Waals surface area (Å²) in [5, 5.41) is 1.94. The minimum atomic E-state index is -0.866. The van der Waals surface area contributed by atoms with E-state index in [1.165, 1.54) is 0 Å². The molecule has 0 spiro atoms. The molecule has 0 saturated heterocycles. The van der Waals surface area contributed by atoms with Gasteiger partial charge in [-0.25, -0.2) is 0 Å². The highest BCUT2D eigenvalue weighted by molar-refractivity contribution is 6.25. The summed E-state index contributed by atoms with van der Waals surface area (Å²) in [6.07, 6.45) is 5.46. The van der Waals surface area contributed by atoms with Crippen LogP contribution in [0.4, 0.5) is 0 Å². The molecule has 2 nitrogen and oxygen atoms in total. The van der Waals surface area contributed by atoms with Gasteiger partial charge in [0.1, 0.15) is 0 Å². The van der Waals surface area contributed by atoms with E-state index in [4.69, 9.17) is 17.3 Å². The highest BCUT2D eigenvalue weighted by Crippen LogP contribution is 2.17. The largest absolute Gasteiger partial charge is 0.358 e. The van der Waals surface area contributed by atoms with E-state index in [1.54, 1.807) is 6.20 Å². The van der Waals surface area contributed by atoms with Gasteiger partial charge in [0.05, 0.1) is 0 Å².